The van der Waals surface area contributed by atoms with Crippen LogP contribution in [0.1, 0.15) is 5.56 Å². The molecule has 1 amide bonds. The Balaban J connectivity index is 1.70. The molecule has 0 bridgehead atoms. The first-order valence-electron chi connectivity index (χ1n) is 9.71. The van der Waals surface area contributed by atoms with Gasteiger partial charge in [0.25, 0.3) is 0 Å². The van der Waals surface area contributed by atoms with Gasteiger partial charge in [-0.15, -0.1) is 0 Å². The highest BCUT2D eigenvalue weighted by Gasteiger charge is 2.08. The minimum Gasteiger partial charge on any atom is -0.340 e. The molecule has 2 heterocycles. The van der Waals surface area contributed by atoms with Gasteiger partial charge in [0, 0.05) is 24.4 Å². The lowest BCUT2D eigenvalue weighted by molar-refractivity contribution is -0.111. The molecule has 0 saturated carbocycles. The smallest absolute Gasteiger partial charge is 0.249 e. The van der Waals surface area contributed by atoms with Gasteiger partial charge in [0.05, 0.1) is 5.02 Å². The number of carbonyl (C=O) groups is 1. The molecule has 3 N–H and O–H groups in total. The molecular weight excluding hydrogens is 433 g/mol. The molecule has 166 valence electrons. The maximum absolute atomic E-state index is 13.4. The molecular formula is C22H23ClFN7O. The van der Waals surface area contributed by atoms with Crippen LogP contribution < -0.4 is 16.0 Å². The SMILES string of the molecule is Cc1ccc(NC(=O)/C=C/CN(C)C)nc1Nc1cc(Nc2ccc(F)c(Cl)c2)ncn1. The summed E-state index contributed by atoms with van der Waals surface area (Å²) in [4.78, 5) is 26.8. The van der Waals surface area contributed by atoms with Crippen molar-refractivity contribution in [1.82, 2.24) is 19.9 Å². The second-order valence-corrected chi connectivity index (χ2v) is 7.59. The van der Waals surface area contributed by atoms with Crippen molar-refractivity contribution in [2.75, 3.05) is 36.6 Å². The summed E-state index contributed by atoms with van der Waals surface area (Å²) in [5.74, 6) is 1.16. The van der Waals surface area contributed by atoms with Gasteiger partial charge in [0.2, 0.25) is 5.91 Å². The Kier molecular flexibility index (Phi) is 7.69. The van der Waals surface area contributed by atoms with Gasteiger partial charge in [-0.3, -0.25) is 4.79 Å². The molecule has 0 spiro atoms. The maximum atomic E-state index is 13.4. The monoisotopic (exact) mass is 455 g/mol. The summed E-state index contributed by atoms with van der Waals surface area (Å²) in [6.07, 6.45) is 4.62. The standard InChI is InChI=1S/C22H23ClFN7O/c1-14-6-9-18(28-21(32)5-4-10-31(2)3)29-22(14)30-20-12-19(25-13-26-20)27-15-7-8-17(24)16(23)11-15/h4-9,11-13H,10H2,1-3H3,(H3,25,26,27,28,29,30,32)/b5-4+. The Hall–Kier alpha value is -3.56. The zero-order valence-corrected chi connectivity index (χ0v) is 18.6. The summed E-state index contributed by atoms with van der Waals surface area (Å²) in [6, 6.07) is 9.54. The number of hydrogen-bond acceptors (Lipinski definition) is 7. The molecule has 32 heavy (non-hydrogen) atoms. The molecule has 0 atom stereocenters. The fourth-order valence-corrected chi connectivity index (χ4v) is 2.78. The first-order chi connectivity index (χ1) is 15.3. The number of nitrogens with zero attached hydrogens (tertiary/aromatic N) is 4. The highest BCUT2D eigenvalue weighted by molar-refractivity contribution is 6.31. The van der Waals surface area contributed by atoms with Gasteiger partial charge in [-0.25, -0.2) is 19.3 Å². The van der Waals surface area contributed by atoms with Crippen LogP contribution in [0.5, 0.6) is 0 Å². The van der Waals surface area contributed by atoms with Crippen molar-refractivity contribution in [3.8, 4) is 0 Å². The number of hydrogen-bond donors (Lipinski definition) is 3. The van der Waals surface area contributed by atoms with Crippen molar-refractivity contribution in [1.29, 1.82) is 0 Å². The maximum Gasteiger partial charge on any atom is 0.249 e. The van der Waals surface area contributed by atoms with Crippen LogP contribution in [-0.2, 0) is 4.79 Å². The lowest BCUT2D eigenvalue weighted by Gasteiger charge is -2.11. The minimum atomic E-state index is -0.496. The van der Waals surface area contributed by atoms with Gasteiger partial charge < -0.3 is 20.9 Å². The summed E-state index contributed by atoms with van der Waals surface area (Å²) >= 11 is 5.82. The number of aryl methyl sites for hydroxylation is 1. The second-order valence-electron chi connectivity index (χ2n) is 7.18. The van der Waals surface area contributed by atoms with E-state index in [1.165, 1.54) is 24.5 Å². The highest BCUT2D eigenvalue weighted by atomic mass is 35.5. The summed E-state index contributed by atoms with van der Waals surface area (Å²) in [5, 5.41) is 8.92. The van der Waals surface area contributed by atoms with Crippen molar-refractivity contribution >= 4 is 46.5 Å². The Morgan fingerprint density at radius 1 is 1.09 bits per heavy atom. The van der Waals surface area contributed by atoms with Gasteiger partial charge in [-0.2, -0.15) is 0 Å². The molecule has 0 saturated heterocycles. The fourth-order valence-electron chi connectivity index (χ4n) is 2.60. The average Bonchev–Trinajstić information content (AvgIpc) is 2.73. The van der Waals surface area contributed by atoms with E-state index in [-0.39, 0.29) is 10.9 Å². The van der Waals surface area contributed by atoms with E-state index >= 15 is 0 Å². The molecule has 3 rings (SSSR count). The quantitative estimate of drug-likeness (QED) is 0.430. The Morgan fingerprint density at radius 3 is 2.56 bits per heavy atom. The lowest BCUT2D eigenvalue weighted by Crippen LogP contribution is -2.13. The largest absolute Gasteiger partial charge is 0.340 e. The molecule has 8 nitrogen and oxygen atoms in total. The zero-order chi connectivity index (χ0) is 23.1. The molecule has 3 aromatic rings. The number of anilines is 5. The number of benzene rings is 1. The van der Waals surface area contributed by atoms with E-state index in [1.54, 1.807) is 24.3 Å². The van der Waals surface area contributed by atoms with E-state index in [0.29, 0.717) is 35.5 Å². The van der Waals surface area contributed by atoms with Crippen LogP contribution in [0.4, 0.5) is 33.3 Å². The Morgan fingerprint density at radius 2 is 1.84 bits per heavy atom. The van der Waals surface area contributed by atoms with Crippen molar-refractivity contribution < 1.29 is 9.18 Å². The van der Waals surface area contributed by atoms with Crippen LogP contribution in [-0.4, -0.2) is 46.4 Å². The Bertz CT molecular complexity index is 1140. The number of likely N-dealkylation sites (N-methyl/N-ethyl adjacent to an activating group) is 1. The summed E-state index contributed by atoms with van der Waals surface area (Å²) in [6.45, 7) is 2.55. The van der Waals surface area contributed by atoms with E-state index in [9.17, 15) is 9.18 Å². The number of pyridine rings is 1. The second kappa shape index (κ2) is 10.7. The van der Waals surface area contributed by atoms with Crippen molar-refractivity contribution in [2.24, 2.45) is 0 Å². The lowest BCUT2D eigenvalue weighted by atomic mass is 10.2. The molecule has 0 aliphatic carbocycles. The number of carbonyl (C=O) groups excluding carboxylic acids is 1. The topological polar surface area (TPSA) is 95.1 Å². The van der Waals surface area contributed by atoms with Crippen LogP contribution in [0.2, 0.25) is 5.02 Å². The molecule has 0 aliphatic heterocycles. The first kappa shape index (κ1) is 23.1. The third kappa shape index (κ3) is 6.73. The number of nitrogens with one attached hydrogen (secondary N) is 3. The molecule has 0 aliphatic rings. The summed E-state index contributed by atoms with van der Waals surface area (Å²) in [5.41, 5.74) is 1.45. The third-order valence-electron chi connectivity index (χ3n) is 4.19. The molecule has 0 radical (unpaired) electrons. The minimum absolute atomic E-state index is 0.0117. The van der Waals surface area contributed by atoms with Gasteiger partial charge >= 0.3 is 0 Å². The van der Waals surface area contributed by atoms with E-state index in [4.69, 9.17) is 11.6 Å². The van der Waals surface area contributed by atoms with Crippen molar-refractivity contribution in [3.63, 3.8) is 0 Å². The molecule has 1 aromatic carbocycles. The number of rotatable bonds is 8. The van der Waals surface area contributed by atoms with E-state index in [0.717, 1.165) is 5.56 Å². The van der Waals surface area contributed by atoms with Crippen LogP contribution in [0.15, 0.2) is 54.9 Å². The molecule has 2 aromatic heterocycles. The zero-order valence-electron chi connectivity index (χ0n) is 17.9. The highest BCUT2D eigenvalue weighted by Crippen LogP contribution is 2.24. The van der Waals surface area contributed by atoms with E-state index < -0.39 is 5.82 Å². The van der Waals surface area contributed by atoms with Crippen LogP contribution in [0, 0.1) is 12.7 Å². The van der Waals surface area contributed by atoms with Gasteiger partial charge in [0.15, 0.2) is 0 Å². The van der Waals surface area contributed by atoms with E-state index in [2.05, 4.69) is 30.9 Å². The molecule has 10 heteroatoms. The van der Waals surface area contributed by atoms with Gasteiger partial charge in [-0.1, -0.05) is 23.7 Å². The van der Waals surface area contributed by atoms with Crippen molar-refractivity contribution in [2.45, 2.75) is 6.92 Å². The first-order valence-corrected chi connectivity index (χ1v) is 10.1. The van der Waals surface area contributed by atoms with Crippen molar-refractivity contribution in [3.05, 3.63) is 71.3 Å². The molecule has 0 unspecified atom stereocenters. The number of halogens is 2. The van der Waals surface area contributed by atoms with E-state index in [1.807, 2.05) is 32.0 Å². The summed E-state index contributed by atoms with van der Waals surface area (Å²) < 4.78 is 13.4. The predicted octanol–water partition coefficient (Wildman–Crippen LogP) is 4.52. The fraction of sp³-hybridized carbons (Fsp3) is 0.182. The number of aromatic nitrogens is 3. The van der Waals surface area contributed by atoms with Crippen LogP contribution in [0.25, 0.3) is 0 Å². The average molecular weight is 456 g/mol. The normalized spacial score (nSPS) is 11.1. The van der Waals surface area contributed by atoms with Crippen LogP contribution >= 0.6 is 11.6 Å². The summed E-state index contributed by atoms with van der Waals surface area (Å²) in [7, 11) is 3.84. The predicted molar refractivity (Wildman–Crippen MR) is 125 cm³/mol. The third-order valence-corrected chi connectivity index (χ3v) is 4.48. The van der Waals surface area contributed by atoms with Gasteiger partial charge in [-0.05, 0) is 50.8 Å². The molecule has 0 fully saturated rings. The number of amides is 1. The van der Waals surface area contributed by atoms with Gasteiger partial charge in [0.1, 0.15) is 35.4 Å². The Labute approximate surface area is 190 Å². The van der Waals surface area contributed by atoms with Crippen LogP contribution in [0.3, 0.4) is 0 Å².